The summed E-state index contributed by atoms with van der Waals surface area (Å²) in [5.74, 6) is 3.13. The average molecular weight is 307 g/mol. The van der Waals surface area contributed by atoms with Gasteiger partial charge in [0.15, 0.2) is 5.96 Å². The Balaban J connectivity index is 1.72. The first-order valence-electron chi connectivity index (χ1n) is 7.51. The minimum absolute atomic E-state index is 0.734. The van der Waals surface area contributed by atoms with E-state index in [4.69, 9.17) is 4.74 Å². The molecule has 1 aliphatic rings. The van der Waals surface area contributed by atoms with Gasteiger partial charge in [0.25, 0.3) is 0 Å². The molecule has 21 heavy (non-hydrogen) atoms. The number of rotatable bonds is 6. The van der Waals surface area contributed by atoms with Crippen LogP contribution in [-0.4, -0.2) is 44.2 Å². The van der Waals surface area contributed by atoms with Crippen LogP contribution in [0, 0.1) is 0 Å². The van der Waals surface area contributed by atoms with Crippen molar-refractivity contribution in [1.29, 1.82) is 0 Å². The van der Waals surface area contributed by atoms with Crippen LogP contribution >= 0.6 is 11.8 Å². The molecule has 1 atom stereocenters. The average Bonchev–Trinajstić information content (AvgIpc) is 3.04. The number of guanidine groups is 1. The van der Waals surface area contributed by atoms with Crippen molar-refractivity contribution in [3.63, 3.8) is 0 Å². The molecule has 0 saturated carbocycles. The van der Waals surface area contributed by atoms with Gasteiger partial charge in [-0.05, 0) is 36.6 Å². The summed E-state index contributed by atoms with van der Waals surface area (Å²) in [6.07, 6.45) is 3.58. The summed E-state index contributed by atoms with van der Waals surface area (Å²) in [6, 6.07) is 8.14. The van der Waals surface area contributed by atoms with Gasteiger partial charge >= 0.3 is 0 Å². The van der Waals surface area contributed by atoms with Crippen LogP contribution in [-0.2, 0) is 6.42 Å². The van der Waals surface area contributed by atoms with Gasteiger partial charge in [0.05, 0.1) is 7.11 Å². The minimum atomic E-state index is 0.734. The van der Waals surface area contributed by atoms with Crippen molar-refractivity contribution in [2.75, 3.05) is 33.0 Å². The molecule has 0 aliphatic carbocycles. The first-order valence-corrected chi connectivity index (χ1v) is 8.56. The van der Waals surface area contributed by atoms with E-state index in [1.54, 1.807) is 7.11 Å². The maximum absolute atomic E-state index is 5.37. The molecule has 0 spiro atoms. The lowest BCUT2D eigenvalue weighted by atomic mass is 10.1. The number of methoxy groups -OCH3 is 1. The quantitative estimate of drug-likeness (QED) is 0.625. The van der Waals surface area contributed by atoms with E-state index >= 15 is 0 Å². The highest BCUT2D eigenvalue weighted by atomic mass is 32.2. The molecular formula is C16H25N3OS. The molecule has 116 valence electrons. The number of benzene rings is 1. The number of ether oxygens (including phenoxy) is 1. The summed E-state index contributed by atoms with van der Waals surface area (Å²) in [5, 5.41) is 7.51. The zero-order chi connectivity index (χ0) is 14.9. The molecule has 4 nitrogen and oxygen atoms in total. The second-order valence-corrected chi connectivity index (χ2v) is 6.49. The Labute approximate surface area is 131 Å². The first kappa shape index (κ1) is 16.0. The van der Waals surface area contributed by atoms with Crippen molar-refractivity contribution in [1.82, 2.24) is 10.6 Å². The van der Waals surface area contributed by atoms with Crippen LogP contribution in [0.15, 0.2) is 29.3 Å². The molecule has 0 amide bonds. The first-order chi connectivity index (χ1) is 10.3. The van der Waals surface area contributed by atoms with E-state index in [1.807, 2.05) is 25.2 Å². The number of aliphatic imine (C=N–C) groups is 1. The topological polar surface area (TPSA) is 45.7 Å². The van der Waals surface area contributed by atoms with Crippen LogP contribution < -0.4 is 15.4 Å². The van der Waals surface area contributed by atoms with Gasteiger partial charge in [-0.15, -0.1) is 0 Å². The summed E-state index contributed by atoms with van der Waals surface area (Å²) in [4.78, 5) is 4.28. The van der Waals surface area contributed by atoms with Crippen LogP contribution in [0.4, 0.5) is 0 Å². The van der Waals surface area contributed by atoms with Gasteiger partial charge in [0.2, 0.25) is 0 Å². The zero-order valence-electron chi connectivity index (χ0n) is 12.9. The van der Waals surface area contributed by atoms with Gasteiger partial charge in [-0.2, -0.15) is 11.8 Å². The fourth-order valence-electron chi connectivity index (χ4n) is 2.46. The molecule has 0 radical (unpaired) electrons. The predicted molar refractivity (Wildman–Crippen MR) is 91.5 cm³/mol. The maximum Gasteiger partial charge on any atom is 0.191 e. The van der Waals surface area contributed by atoms with Gasteiger partial charge in [0.1, 0.15) is 5.75 Å². The van der Waals surface area contributed by atoms with E-state index in [0.29, 0.717) is 0 Å². The summed E-state index contributed by atoms with van der Waals surface area (Å²) in [5.41, 5.74) is 1.22. The van der Waals surface area contributed by atoms with Crippen molar-refractivity contribution in [3.05, 3.63) is 29.8 Å². The van der Waals surface area contributed by atoms with E-state index in [0.717, 1.165) is 36.5 Å². The van der Waals surface area contributed by atoms with Crippen LogP contribution in [0.3, 0.4) is 0 Å². The van der Waals surface area contributed by atoms with Crippen LogP contribution in [0.25, 0.3) is 0 Å². The van der Waals surface area contributed by atoms with Gasteiger partial charge in [-0.3, -0.25) is 4.99 Å². The molecule has 2 rings (SSSR count). The summed E-state index contributed by atoms with van der Waals surface area (Å²) in [6.45, 7) is 1.84. The molecule has 2 N–H and O–H groups in total. The lowest BCUT2D eigenvalue weighted by Gasteiger charge is -2.15. The number of thioether (sulfide) groups is 1. The van der Waals surface area contributed by atoms with Crippen molar-refractivity contribution >= 4 is 17.7 Å². The number of nitrogens with zero attached hydrogens (tertiary/aromatic N) is 1. The van der Waals surface area contributed by atoms with E-state index in [2.05, 4.69) is 33.5 Å². The van der Waals surface area contributed by atoms with Gasteiger partial charge in [-0.1, -0.05) is 18.2 Å². The monoisotopic (exact) mass is 307 g/mol. The Kier molecular flexibility index (Phi) is 6.73. The number of hydrogen-bond donors (Lipinski definition) is 2. The van der Waals surface area contributed by atoms with Crippen LogP contribution in [0.5, 0.6) is 5.75 Å². The van der Waals surface area contributed by atoms with Crippen LogP contribution in [0.1, 0.15) is 18.4 Å². The Hall–Kier alpha value is -1.36. The molecular weight excluding hydrogens is 282 g/mol. The second kappa shape index (κ2) is 8.82. The van der Waals surface area contributed by atoms with Gasteiger partial charge < -0.3 is 15.4 Å². The molecule has 1 unspecified atom stereocenters. The third-order valence-corrected chi connectivity index (χ3v) is 5.02. The molecule has 1 heterocycles. The molecule has 1 aliphatic heterocycles. The zero-order valence-corrected chi connectivity index (χ0v) is 13.7. The van der Waals surface area contributed by atoms with Crippen LogP contribution in [0.2, 0.25) is 0 Å². The van der Waals surface area contributed by atoms with Gasteiger partial charge in [-0.25, -0.2) is 0 Å². The summed E-state index contributed by atoms with van der Waals surface area (Å²) in [7, 11) is 3.53. The fourth-order valence-corrected chi connectivity index (χ4v) is 3.66. The Morgan fingerprint density at radius 1 is 1.38 bits per heavy atom. The van der Waals surface area contributed by atoms with Gasteiger partial charge in [0, 0.05) is 25.4 Å². The van der Waals surface area contributed by atoms with E-state index < -0.39 is 0 Å². The normalized spacial score (nSPS) is 18.6. The van der Waals surface area contributed by atoms with E-state index in [-0.39, 0.29) is 0 Å². The summed E-state index contributed by atoms with van der Waals surface area (Å²) < 4.78 is 5.37. The smallest absolute Gasteiger partial charge is 0.191 e. The fraction of sp³-hybridized carbons (Fsp3) is 0.562. The highest BCUT2D eigenvalue weighted by Crippen LogP contribution is 2.25. The Morgan fingerprint density at radius 3 is 2.95 bits per heavy atom. The minimum Gasteiger partial charge on any atom is -0.496 e. The third kappa shape index (κ3) is 5.16. The third-order valence-electron chi connectivity index (χ3n) is 3.62. The van der Waals surface area contributed by atoms with E-state index in [1.165, 1.54) is 24.2 Å². The Morgan fingerprint density at radius 2 is 2.24 bits per heavy atom. The summed E-state index contributed by atoms with van der Waals surface area (Å²) >= 11 is 2.06. The highest BCUT2D eigenvalue weighted by molar-refractivity contribution is 8.00. The molecule has 1 aromatic carbocycles. The number of nitrogens with one attached hydrogen (secondary N) is 2. The standard InChI is InChI=1S/C16H25N3OS/c1-17-16(19-12-14-7-5-11-21-14)18-10-9-13-6-3-4-8-15(13)20-2/h3-4,6,8,14H,5,7,9-12H2,1-2H3,(H2,17,18,19). The molecule has 1 aromatic rings. The molecule has 1 saturated heterocycles. The molecule has 0 aromatic heterocycles. The lowest BCUT2D eigenvalue weighted by Crippen LogP contribution is -2.40. The SMILES string of the molecule is CN=C(NCCc1ccccc1OC)NCC1CCCS1. The molecule has 1 fully saturated rings. The lowest BCUT2D eigenvalue weighted by molar-refractivity contribution is 0.409. The number of para-hydroxylation sites is 1. The molecule has 5 heteroatoms. The van der Waals surface area contributed by atoms with Crippen molar-refractivity contribution in [2.24, 2.45) is 4.99 Å². The highest BCUT2D eigenvalue weighted by Gasteiger charge is 2.15. The maximum atomic E-state index is 5.37. The predicted octanol–water partition coefficient (Wildman–Crippen LogP) is 2.30. The van der Waals surface area contributed by atoms with Crippen molar-refractivity contribution in [2.45, 2.75) is 24.5 Å². The number of hydrogen-bond acceptors (Lipinski definition) is 3. The Bertz CT molecular complexity index is 459. The molecule has 0 bridgehead atoms. The van der Waals surface area contributed by atoms with E-state index in [9.17, 15) is 0 Å². The van der Waals surface area contributed by atoms with Crippen molar-refractivity contribution < 1.29 is 4.74 Å². The second-order valence-electron chi connectivity index (χ2n) is 5.08. The van der Waals surface area contributed by atoms with Crippen molar-refractivity contribution in [3.8, 4) is 5.75 Å². The largest absolute Gasteiger partial charge is 0.496 e.